The molecule has 0 aliphatic carbocycles. The van der Waals surface area contributed by atoms with Crippen LogP contribution in [0.25, 0.3) is 0 Å². The molecule has 1 heterocycles. The SMILES string of the molecule is CC(C)OC(=O)c1ccc(NS(=O)(=O)c2cccnc2Cl)cc1. The van der Waals surface area contributed by atoms with Crippen LogP contribution in [0.5, 0.6) is 0 Å². The molecule has 0 spiro atoms. The lowest BCUT2D eigenvalue weighted by molar-refractivity contribution is 0.0378. The molecule has 0 saturated carbocycles. The Morgan fingerprint density at radius 1 is 1.22 bits per heavy atom. The van der Waals surface area contributed by atoms with Crippen molar-refractivity contribution in [2.24, 2.45) is 0 Å². The number of hydrogen-bond donors (Lipinski definition) is 1. The Hall–Kier alpha value is -2.12. The van der Waals surface area contributed by atoms with Crippen LogP contribution in [0.1, 0.15) is 24.2 Å². The number of esters is 1. The molecule has 0 fully saturated rings. The minimum Gasteiger partial charge on any atom is -0.459 e. The highest BCUT2D eigenvalue weighted by Crippen LogP contribution is 2.21. The third kappa shape index (κ3) is 4.43. The van der Waals surface area contributed by atoms with Gasteiger partial charge in [0.05, 0.1) is 11.7 Å². The van der Waals surface area contributed by atoms with Crippen LogP contribution in [0.4, 0.5) is 5.69 Å². The van der Waals surface area contributed by atoms with E-state index in [0.717, 1.165) is 0 Å². The predicted octanol–water partition coefficient (Wildman–Crippen LogP) is 3.10. The number of nitrogens with one attached hydrogen (secondary N) is 1. The highest BCUT2D eigenvalue weighted by Gasteiger charge is 2.18. The zero-order valence-corrected chi connectivity index (χ0v) is 14.1. The molecule has 23 heavy (non-hydrogen) atoms. The average Bonchev–Trinajstić information content (AvgIpc) is 2.47. The molecule has 6 nitrogen and oxygen atoms in total. The first-order valence-electron chi connectivity index (χ1n) is 6.74. The topological polar surface area (TPSA) is 85.4 Å². The van der Waals surface area contributed by atoms with Crippen molar-refractivity contribution in [2.45, 2.75) is 24.8 Å². The lowest BCUT2D eigenvalue weighted by atomic mass is 10.2. The summed E-state index contributed by atoms with van der Waals surface area (Å²) >= 11 is 5.80. The van der Waals surface area contributed by atoms with Gasteiger partial charge in [0.2, 0.25) is 0 Å². The standard InChI is InChI=1S/C15H15ClN2O4S/c1-10(2)22-15(19)11-5-7-12(8-6-11)18-23(20,21)13-4-3-9-17-14(13)16/h3-10,18H,1-2H3. The fourth-order valence-corrected chi connectivity index (χ4v) is 3.25. The molecule has 0 bridgehead atoms. The largest absolute Gasteiger partial charge is 0.459 e. The Morgan fingerprint density at radius 2 is 1.87 bits per heavy atom. The molecule has 2 rings (SSSR count). The number of rotatable bonds is 5. The second kappa shape index (κ2) is 6.97. The first-order valence-corrected chi connectivity index (χ1v) is 8.60. The summed E-state index contributed by atoms with van der Waals surface area (Å²) in [6.45, 7) is 3.50. The number of pyridine rings is 1. The molecular weight excluding hydrogens is 340 g/mol. The summed E-state index contributed by atoms with van der Waals surface area (Å²) in [7, 11) is -3.86. The molecule has 0 radical (unpaired) electrons. The Balaban J connectivity index is 2.18. The van der Waals surface area contributed by atoms with E-state index < -0.39 is 16.0 Å². The summed E-state index contributed by atoms with van der Waals surface area (Å²) in [5, 5.41) is -0.114. The Kier molecular flexibility index (Phi) is 5.23. The molecule has 0 amide bonds. The normalized spacial score (nSPS) is 11.3. The monoisotopic (exact) mass is 354 g/mol. The number of benzene rings is 1. The summed E-state index contributed by atoms with van der Waals surface area (Å²) < 4.78 is 32.0. The van der Waals surface area contributed by atoms with Gasteiger partial charge in [-0.05, 0) is 50.2 Å². The summed E-state index contributed by atoms with van der Waals surface area (Å²) in [6.07, 6.45) is 1.17. The van der Waals surface area contributed by atoms with Crippen LogP contribution in [0.3, 0.4) is 0 Å². The summed E-state index contributed by atoms with van der Waals surface area (Å²) in [6, 6.07) is 8.73. The summed E-state index contributed by atoms with van der Waals surface area (Å²) in [5.41, 5.74) is 0.632. The minimum atomic E-state index is -3.86. The first kappa shape index (κ1) is 17.2. The number of nitrogens with zero attached hydrogens (tertiary/aromatic N) is 1. The van der Waals surface area contributed by atoms with Gasteiger partial charge in [0.15, 0.2) is 0 Å². The van der Waals surface area contributed by atoms with E-state index in [-0.39, 0.29) is 16.2 Å². The van der Waals surface area contributed by atoms with E-state index in [0.29, 0.717) is 11.3 Å². The van der Waals surface area contributed by atoms with E-state index >= 15 is 0 Å². The predicted molar refractivity (Wildman–Crippen MR) is 87.0 cm³/mol. The van der Waals surface area contributed by atoms with Gasteiger partial charge in [-0.3, -0.25) is 4.72 Å². The maximum Gasteiger partial charge on any atom is 0.338 e. The lowest BCUT2D eigenvalue weighted by Crippen LogP contribution is -2.14. The molecule has 1 aromatic carbocycles. The number of halogens is 1. The summed E-state index contributed by atoms with van der Waals surface area (Å²) in [4.78, 5) is 15.3. The van der Waals surface area contributed by atoms with Crippen LogP contribution >= 0.6 is 11.6 Å². The molecule has 0 saturated heterocycles. The molecular formula is C15H15ClN2O4S. The Morgan fingerprint density at radius 3 is 2.43 bits per heavy atom. The Labute approximate surface area is 139 Å². The van der Waals surface area contributed by atoms with Crippen LogP contribution in [0.2, 0.25) is 5.15 Å². The van der Waals surface area contributed by atoms with Gasteiger partial charge in [-0.2, -0.15) is 0 Å². The smallest absolute Gasteiger partial charge is 0.338 e. The molecule has 0 aliphatic rings. The highest BCUT2D eigenvalue weighted by atomic mass is 35.5. The molecule has 0 aliphatic heterocycles. The van der Waals surface area contributed by atoms with E-state index in [1.807, 2.05) is 0 Å². The summed E-state index contributed by atoms with van der Waals surface area (Å²) in [5.74, 6) is -0.468. The van der Waals surface area contributed by atoms with Crippen LogP contribution in [0.15, 0.2) is 47.5 Å². The fraction of sp³-hybridized carbons (Fsp3) is 0.200. The maximum absolute atomic E-state index is 12.3. The average molecular weight is 355 g/mol. The van der Waals surface area contributed by atoms with Gasteiger partial charge >= 0.3 is 5.97 Å². The van der Waals surface area contributed by atoms with Gasteiger partial charge < -0.3 is 4.74 Å². The molecule has 0 atom stereocenters. The van der Waals surface area contributed by atoms with Crippen LogP contribution in [0, 0.1) is 0 Å². The van der Waals surface area contributed by atoms with E-state index in [4.69, 9.17) is 16.3 Å². The Bertz CT molecular complexity index is 804. The van der Waals surface area contributed by atoms with Gasteiger partial charge in [-0.1, -0.05) is 11.6 Å². The van der Waals surface area contributed by atoms with Crippen molar-refractivity contribution in [3.05, 3.63) is 53.3 Å². The third-order valence-electron chi connectivity index (χ3n) is 2.73. The quantitative estimate of drug-likeness (QED) is 0.658. The molecule has 0 unspecified atom stereocenters. The second-order valence-electron chi connectivity index (χ2n) is 4.93. The van der Waals surface area contributed by atoms with Crippen molar-refractivity contribution >= 4 is 33.3 Å². The zero-order chi connectivity index (χ0) is 17.0. The molecule has 1 N–H and O–H groups in total. The van der Waals surface area contributed by atoms with Gasteiger partial charge in [0, 0.05) is 11.9 Å². The van der Waals surface area contributed by atoms with E-state index in [9.17, 15) is 13.2 Å². The van der Waals surface area contributed by atoms with Crippen molar-refractivity contribution in [3.8, 4) is 0 Å². The van der Waals surface area contributed by atoms with Crippen LogP contribution in [-0.4, -0.2) is 25.5 Å². The highest BCUT2D eigenvalue weighted by molar-refractivity contribution is 7.92. The number of ether oxygens (including phenoxy) is 1. The molecule has 1 aromatic heterocycles. The number of carbonyl (C=O) groups is 1. The zero-order valence-electron chi connectivity index (χ0n) is 12.5. The number of hydrogen-bond acceptors (Lipinski definition) is 5. The van der Waals surface area contributed by atoms with E-state index in [2.05, 4.69) is 9.71 Å². The van der Waals surface area contributed by atoms with Crippen molar-refractivity contribution in [1.82, 2.24) is 4.98 Å². The van der Waals surface area contributed by atoms with Gasteiger partial charge in [0.25, 0.3) is 10.0 Å². The third-order valence-corrected chi connectivity index (χ3v) is 4.56. The van der Waals surface area contributed by atoms with Gasteiger partial charge in [-0.25, -0.2) is 18.2 Å². The van der Waals surface area contributed by atoms with Gasteiger partial charge in [-0.15, -0.1) is 0 Å². The molecule has 2 aromatic rings. The number of sulfonamides is 1. The second-order valence-corrected chi connectivity index (χ2v) is 6.94. The number of anilines is 1. The molecule has 122 valence electrons. The van der Waals surface area contributed by atoms with Crippen molar-refractivity contribution in [3.63, 3.8) is 0 Å². The number of carbonyl (C=O) groups excluding carboxylic acids is 1. The van der Waals surface area contributed by atoms with Crippen molar-refractivity contribution in [1.29, 1.82) is 0 Å². The van der Waals surface area contributed by atoms with Gasteiger partial charge in [0.1, 0.15) is 10.0 Å². The maximum atomic E-state index is 12.3. The van der Waals surface area contributed by atoms with Crippen molar-refractivity contribution in [2.75, 3.05) is 4.72 Å². The van der Waals surface area contributed by atoms with Crippen molar-refractivity contribution < 1.29 is 17.9 Å². The molecule has 8 heteroatoms. The van der Waals surface area contributed by atoms with E-state index in [1.54, 1.807) is 13.8 Å². The first-order chi connectivity index (χ1) is 10.8. The van der Waals surface area contributed by atoms with Crippen LogP contribution < -0.4 is 4.72 Å². The minimum absolute atomic E-state index is 0.114. The fourth-order valence-electron chi connectivity index (χ4n) is 1.74. The number of aromatic nitrogens is 1. The van der Waals surface area contributed by atoms with Crippen LogP contribution in [-0.2, 0) is 14.8 Å². The lowest BCUT2D eigenvalue weighted by Gasteiger charge is -2.10. The van der Waals surface area contributed by atoms with E-state index in [1.165, 1.54) is 42.6 Å².